The lowest BCUT2D eigenvalue weighted by molar-refractivity contribution is -0.139. The maximum absolute atomic E-state index is 13.0. The van der Waals surface area contributed by atoms with Crippen molar-refractivity contribution in [3.8, 4) is 0 Å². The van der Waals surface area contributed by atoms with Gasteiger partial charge in [0.1, 0.15) is 10.7 Å². The number of rotatable bonds is 12. The summed E-state index contributed by atoms with van der Waals surface area (Å²) in [5, 5.41) is 11.6. The molecule has 12 heteroatoms. The van der Waals surface area contributed by atoms with Crippen molar-refractivity contribution < 1.29 is 32.3 Å². The van der Waals surface area contributed by atoms with Gasteiger partial charge in [0, 0.05) is 31.2 Å². The zero-order valence-corrected chi connectivity index (χ0v) is 19.9. The third-order valence-corrected chi connectivity index (χ3v) is 8.11. The second-order valence-electron chi connectivity index (χ2n) is 7.87. The summed E-state index contributed by atoms with van der Waals surface area (Å²) in [5.41, 5.74) is 0.686. The summed E-state index contributed by atoms with van der Waals surface area (Å²) in [7, 11) is -2.37. The Balaban J connectivity index is 1.65. The molecule has 1 heterocycles. The van der Waals surface area contributed by atoms with Gasteiger partial charge in [-0.05, 0) is 36.6 Å². The average Bonchev–Trinajstić information content (AvgIpc) is 3.64. The minimum absolute atomic E-state index is 0.0749. The van der Waals surface area contributed by atoms with Crippen molar-refractivity contribution >= 4 is 39.4 Å². The van der Waals surface area contributed by atoms with E-state index in [4.69, 9.17) is 0 Å². The molecule has 0 saturated heterocycles. The van der Waals surface area contributed by atoms with Crippen LogP contribution in [0.5, 0.6) is 0 Å². The predicted molar refractivity (Wildman–Crippen MR) is 123 cm³/mol. The highest BCUT2D eigenvalue weighted by molar-refractivity contribution is 7.99. The summed E-state index contributed by atoms with van der Waals surface area (Å²) >= 11 is 1.20. The van der Waals surface area contributed by atoms with E-state index < -0.39 is 40.1 Å². The fourth-order valence-electron chi connectivity index (χ4n) is 3.10. The molecular formula is C22H24FN3O6S2. The van der Waals surface area contributed by atoms with Crippen LogP contribution in [0.15, 0.2) is 47.6 Å². The minimum Gasteiger partial charge on any atom is -0.481 e. The Kier molecular flexibility index (Phi) is 8.39. The molecule has 0 aliphatic heterocycles. The molecule has 1 saturated carbocycles. The summed E-state index contributed by atoms with van der Waals surface area (Å²) in [4.78, 5) is 40.2. The molecule has 1 aliphatic rings. The molecule has 3 rings (SSSR count). The first-order chi connectivity index (χ1) is 16.1. The summed E-state index contributed by atoms with van der Waals surface area (Å²) in [6, 6.07) is 5.54. The van der Waals surface area contributed by atoms with Gasteiger partial charge in [-0.3, -0.25) is 19.4 Å². The number of carboxylic acids is 1. The number of ketones is 1. The Morgan fingerprint density at radius 3 is 2.53 bits per heavy atom. The molecule has 1 amide bonds. The molecule has 2 N–H and O–H groups in total. The third kappa shape index (κ3) is 6.84. The van der Waals surface area contributed by atoms with Crippen molar-refractivity contribution in [2.45, 2.75) is 42.0 Å². The number of aliphatic carboxylic acids is 1. The van der Waals surface area contributed by atoms with Gasteiger partial charge in [0.15, 0.2) is 5.78 Å². The number of benzene rings is 1. The van der Waals surface area contributed by atoms with Crippen LogP contribution in [0.25, 0.3) is 0 Å². The van der Waals surface area contributed by atoms with E-state index in [1.165, 1.54) is 35.2 Å². The number of halogens is 1. The topological polar surface area (TPSA) is 134 Å². The molecule has 1 aromatic heterocycles. The summed E-state index contributed by atoms with van der Waals surface area (Å²) in [6.07, 6.45) is 3.19. The summed E-state index contributed by atoms with van der Waals surface area (Å²) in [6.45, 7) is 0. The second kappa shape index (κ2) is 11.1. The van der Waals surface area contributed by atoms with Crippen LogP contribution in [0, 0.1) is 5.82 Å². The summed E-state index contributed by atoms with van der Waals surface area (Å²) in [5.74, 6) is -2.64. The molecule has 34 heavy (non-hydrogen) atoms. The van der Waals surface area contributed by atoms with Crippen LogP contribution in [0.2, 0.25) is 0 Å². The summed E-state index contributed by atoms with van der Waals surface area (Å²) < 4.78 is 39.7. The molecule has 0 spiro atoms. The Bertz CT molecular complexity index is 1170. The smallest absolute Gasteiger partial charge is 0.305 e. The first-order valence-electron chi connectivity index (χ1n) is 10.4. The number of hydrogen-bond donors (Lipinski definition) is 2. The highest BCUT2D eigenvalue weighted by Crippen LogP contribution is 2.30. The van der Waals surface area contributed by atoms with Gasteiger partial charge < -0.3 is 10.4 Å². The van der Waals surface area contributed by atoms with Crippen molar-refractivity contribution in [1.82, 2.24) is 14.6 Å². The molecule has 1 atom stereocenters. The maximum Gasteiger partial charge on any atom is 0.305 e. The van der Waals surface area contributed by atoms with E-state index in [1.54, 1.807) is 12.1 Å². The molecule has 182 valence electrons. The third-order valence-electron chi connectivity index (χ3n) is 5.21. The highest BCUT2D eigenvalue weighted by Gasteiger charge is 2.35. The van der Waals surface area contributed by atoms with E-state index in [2.05, 4.69) is 10.3 Å². The van der Waals surface area contributed by atoms with Crippen molar-refractivity contribution in [2.24, 2.45) is 0 Å². The molecular weight excluding hydrogens is 485 g/mol. The van der Waals surface area contributed by atoms with Crippen LogP contribution in [0.3, 0.4) is 0 Å². The van der Waals surface area contributed by atoms with E-state index >= 15 is 0 Å². The SMILES string of the molecule is CN(C1CC1)S(=O)(=O)c1cncc(C(=O)N[C@@H](CC(=O)O)C(=O)CSCc2ccc(F)cc2)c1. The lowest BCUT2D eigenvalue weighted by Crippen LogP contribution is -2.43. The van der Waals surface area contributed by atoms with Crippen LogP contribution >= 0.6 is 11.8 Å². The fourth-order valence-corrected chi connectivity index (χ4v) is 5.44. The quantitative estimate of drug-likeness (QED) is 0.444. The number of nitrogens with one attached hydrogen (secondary N) is 1. The zero-order chi connectivity index (χ0) is 24.9. The molecule has 0 bridgehead atoms. The molecule has 9 nitrogen and oxygen atoms in total. The van der Waals surface area contributed by atoms with Gasteiger partial charge >= 0.3 is 5.97 Å². The van der Waals surface area contributed by atoms with E-state index in [0.717, 1.165) is 36.9 Å². The van der Waals surface area contributed by atoms with E-state index in [0.29, 0.717) is 5.75 Å². The van der Waals surface area contributed by atoms with Crippen LogP contribution in [-0.4, -0.2) is 65.4 Å². The number of amides is 1. The lowest BCUT2D eigenvalue weighted by Gasteiger charge is -2.18. The molecule has 1 aliphatic carbocycles. The number of pyridine rings is 1. The van der Waals surface area contributed by atoms with E-state index in [1.807, 2.05) is 0 Å². The average molecular weight is 510 g/mol. The number of carbonyl (C=O) groups is 3. The number of sulfonamides is 1. The van der Waals surface area contributed by atoms with Gasteiger partial charge in [0.05, 0.1) is 23.8 Å². The van der Waals surface area contributed by atoms with Crippen LogP contribution in [0.4, 0.5) is 4.39 Å². The van der Waals surface area contributed by atoms with Crippen LogP contribution < -0.4 is 5.32 Å². The zero-order valence-electron chi connectivity index (χ0n) is 18.3. The number of aromatic nitrogens is 1. The van der Waals surface area contributed by atoms with Gasteiger partial charge in [-0.25, -0.2) is 12.8 Å². The van der Waals surface area contributed by atoms with Crippen LogP contribution in [0.1, 0.15) is 35.2 Å². The molecule has 0 unspecified atom stereocenters. The Morgan fingerprint density at radius 2 is 1.91 bits per heavy atom. The van der Waals surface area contributed by atoms with Gasteiger partial charge in [0.2, 0.25) is 10.0 Å². The standard InChI is InChI=1S/C22H24FN3O6S2/c1-26(17-6-7-17)34(31,32)18-8-15(10-24-11-18)22(30)25-19(9-21(28)29)20(27)13-33-12-14-2-4-16(23)5-3-14/h2-5,8,10-11,17,19H,6-7,9,12-13H2,1H3,(H,25,30)(H,28,29)/t19-/m0/s1. The van der Waals surface area contributed by atoms with Gasteiger partial charge in [-0.2, -0.15) is 4.31 Å². The predicted octanol–water partition coefficient (Wildman–Crippen LogP) is 2.08. The minimum atomic E-state index is -3.83. The maximum atomic E-state index is 13.0. The number of carbonyl (C=O) groups excluding carboxylic acids is 2. The largest absolute Gasteiger partial charge is 0.481 e. The molecule has 1 aromatic carbocycles. The Hall–Kier alpha value is -2.83. The van der Waals surface area contributed by atoms with Crippen molar-refractivity contribution in [2.75, 3.05) is 12.8 Å². The molecule has 0 radical (unpaired) electrons. The van der Waals surface area contributed by atoms with E-state index in [-0.39, 0.29) is 28.1 Å². The number of carboxylic acid groups (broad SMARTS) is 1. The monoisotopic (exact) mass is 509 g/mol. The first-order valence-corrected chi connectivity index (χ1v) is 13.0. The van der Waals surface area contributed by atoms with Gasteiger partial charge in [-0.1, -0.05) is 12.1 Å². The first kappa shape index (κ1) is 25.8. The fraction of sp³-hybridized carbons (Fsp3) is 0.364. The highest BCUT2D eigenvalue weighted by atomic mass is 32.2. The molecule has 1 fully saturated rings. The molecule has 2 aromatic rings. The normalized spacial score (nSPS) is 14.6. The number of nitrogens with zero attached hydrogens (tertiary/aromatic N) is 2. The van der Waals surface area contributed by atoms with Crippen molar-refractivity contribution in [1.29, 1.82) is 0 Å². The Labute approximate surface area is 200 Å². The van der Waals surface area contributed by atoms with Gasteiger partial charge in [-0.15, -0.1) is 11.8 Å². The van der Waals surface area contributed by atoms with E-state index in [9.17, 15) is 32.3 Å². The lowest BCUT2D eigenvalue weighted by atomic mass is 10.1. The Morgan fingerprint density at radius 1 is 1.24 bits per heavy atom. The van der Waals surface area contributed by atoms with Crippen molar-refractivity contribution in [3.05, 3.63) is 59.7 Å². The van der Waals surface area contributed by atoms with Crippen LogP contribution in [-0.2, 0) is 25.4 Å². The van der Waals surface area contributed by atoms with Gasteiger partial charge in [0.25, 0.3) is 5.91 Å². The second-order valence-corrected chi connectivity index (χ2v) is 10.9. The number of thioether (sulfide) groups is 1. The number of Topliss-reactive ketones (excluding diaryl/α,β-unsaturated/α-hetero) is 1. The van der Waals surface area contributed by atoms with Crippen molar-refractivity contribution in [3.63, 3.8) is 0 Å². The number of hydrogen-bond acceptors (Lipinski definition) is 7.